The highest BCUT2D eigenvalue weighted by Gasteiger charge is 2.33. The first-order chi connectivity index (χ1) is 12.7. The average Bonchev–Trinajstić information content (AvgIpc) is 3.34. The van der Waals surface area contributed by atoms with Gasteiger partial charge in [0.25, 0.3) is 0 Å². The topological polar surface area (TPSA) is 53.9 Å². The van der Waals surface area contributed by atoms with Crippen molar-refractivity contribution in [3.63, 3.8) is 0 Å². The van der Waals surface area contributed by atoms with Crippen LogP contribution < -0.4 is 5.43 Å². The number of hydrogen-bond acceptors (Lipinski definition) is 3. The predicted molar refractivity (Wildman–Crippen MR) is 105 cm³/mol. The van der Waals surface area contributed by atoms with Crippen molar-refractivity contribution in [1.29, 1.82) is 0 Å². The van der Waals surface area contributed by atoms with Gasteiger partial charge in [-0.1, -0.05) is 19.8 Å². The molecule has 2 fully saturated rings. The lowest BCUT2D eigenvalue weighted by Crippen LogP contribution is -2.45. The van der Waals surface area contributed by atoms with E-state index >= 15 is 0 Å². The fourth-order valence-corrected chi connectivity index (χ4v) is 5.08. The molecule has 1 saturated heterocycles. The summed E-state index contributed by atoms with van der Waals surface area (Å²) in [7, 11) is 0. The Morgan fingerprint density at radius 3 is 2.85 bits per heavy atom. The first-order valence-electron chi connectivity index (χ1n) is 9.93. The van der Waals surface area contributed by atoms with Crippen molar-refractivity contribution in [2.75, 3.05) is 13.1 Å². The molecule has 1 saturated carbocycles. The molecule has 0 unspecified atom stereocenters. The van der Waals surface area contributed by atoms with E-state index in [1.807, 2.05) is 18.5 Å². The zero-order valence-corrected chi connectivity index (χ0v) is 15.3. The van der Waals surface area contributed by atoms with Gasteiger partial charge in [0.2, 0.25) is 0 Å². The molecule has 0 radical (unpaired) electrons. The van der Waals surface area contributed by atoms with Crippen molar-refractivity contribution < 1.29 is 0 Å². The van der Waals surface area contributed by atoms with Gasteiger partial charge in [-0.05, 0) is 37.8 Å². The Labute approximate surface area is 153 Å². The number of likely N-dealkylation sites (tertiary alicyclic amines) is 1. The Morgan fingerprint density at radius 2 is 2.00 bits per heavy atom. The van der Waals surface area contributed by atoms with Crippen LogP contribution in [-0.2, 0) is 0 Å². The maximum atomic E-state index is 12.5. The van der Waals surface area contributed by atoms with E-state index in [-0.39, 0.29) is 5.43 Å². The summed E-state index contributed by atoms with van der Waals surface area (Å²) in [6, 6.07) is 4.91. The van der Waals surface area contributed by atoms with Crippen LogP contribution in [0.5, 0.6) is 0 Å². The molecule has 0 amide bonds. The standard InChI is InChI=1S/C21H26N4O/c1-14-7-10-24(15-4-2-3-5-15)13-18(14)25-11-8-19(26)17-12-23-21-16(20(17)25)6-9-22-21/h6,8-9,11-12,14-15,18H,2-5,7,10,13H2,1H3,(H,22,23)/t14-,18+/m1/s1. The van der Waals surface area contributed by atoms with Gasteiger partial charge in [0.05, 0.1) is 10.9 Å². The number of rotatable bonds is 2. The van der Waals surface area contributed by atoms with Crippen LogP contribution in [0.3, 0.4) is 0 Å². The summed E-state index contributed by atoms with van der Waals surface area (Å²) in [6.45, 7) is 4.65. The van der Waals surface area contributed by atoms with Gasteiger partial charge in [-0.15, -0.1) is 0 Å². The molecule has 1 aliphatic heterocycles. The summed E-state index contributed by atoms with van der Waals surface area (Å²) >= 11 is 0. The average molecular weight is 350 g/mol. The molecule has 0 aromatic carbocycles. The summed E-state index contributed by atoms with van der Waals surface area (Å²) in [5.74, 6) is 0.598. The molecule has 5 rings (SSSR count). The van der Waals surface area contributed by atoms with E-state index in [4.69, 9.17) is 0 Å². The predicted octanol–water partition coefficient (Wildman–Crippen LogP) is 3.70. The Kier molecular flexibility index (Phi) is 3.85. The number of H-pyrrole nitrogens is 1. The molecule has 1 N–H and O–H groups in total. The molecule has 3 aromatic heterocycles. The summed E-state index contributed by atoms with van der Waals surface area (Å²) in [6.07, 6.45) is 12.3. The van der Waals surface area contributed by atoms with Crippen molar-refractivity contribution in [2.24, 2.45) is 5.92 Å². The lowest BCUT2D eigenvalue weighted by Gasteiger charge is -2.41. The number of piperidine rings is 1. The maximum Gasteiger partial charge on any atom is 0.190 e. The van der Waals surface area contributed by atoms with Crippen molar-refractivity contribution in [3.8, 4) is 0 Å². The first-order valence-corrected chi connectivity index (χ1v) is 9.93. The minimum atomic E-state index is 0.0583. The lowest BCUT2D eigenvalue weighted by molar-refractivity contribution is 0.0956. The molecule has 136 valence electrons. The zero-order valence-electron chi connectivity index (χ0n) is 15.3. The number of pyridine rings is 2. The minimum absolute atomic E-state index is 0.0583. The lowest BCUT2D eigenvalue weighted by atomic mass is 9.91. The molecule has 1 aliphatic carbocycles. The number of nitrogens with zero attached hydrogens (tertiary/aromatic N) is 3. The van der Waals surface area contributed by atoms with Crippen molar-refractivity contribution in [3.05, 3.63) is 40.9 Å². The second-order valence-electron chi connectivity index (χ2n) is 8.11. The van der Waals surface area contributed by atoms with Crippen LogP contribution in [0.4, 0.5) is 0 Å². The van der Waals surface area contributed by atoms with Gasteiger partial charge in [0, 0.05) is 48.7 Å². The number of fused-ring (bicyclic) bond motifs is 3. The van der Waals surface area contributed by atoms with E-state index < -0.39 is 0 Å². The zero-order chi connectivity index (χ0) is 17.7. The molecular formula is C21H26N4O. The second-order valence-corrected chi connectivity index (χ2v) is 8.11. The largest absolute Gasteiger partial charge is 0.346 e. The van der Waals surface area contributed by atoms with Crippen LogP contribution in [-0.4, -0.2) is 38.6 Å². The fourth-order valence-electron chi connectivity index (χ4n) is 5.08. The van der Waals surface area contributed by atoms with Crippen molar-refractivity contribution >= 4 is 21.9 Å². The maximum absolute atomic E-state index is 12.5. The highest BCUT2D eigenvalue weighted by Crippen LogP contribution is 2.35. The second kappa shape index (κ2) is 6.23. The Balaban J connectivity index is 1.64. The molecular weight excluding hydrogens is 324 g/mol. The molecule has 3 aromatic rings. The molecule has 26 heavy (non-hydrogen) atoms. The minimum Gasteiger partial charge on any atom is -0.346 e. The molecule has 0 bridgehead atoms. The van der Waals surface area contributed by atoms with E-state index in [1.165, 1.54) is 38.6 Å². The van der Waals surface area contributed by atoms with Gasteiger partial charge in [-0.25, -0.2) is 4.98 Å². The monoisotopic (exact) mass is 350 g/mol. The first kappa shape index (κ1) is 16.1. The smallest absolute Gasteiger partial charge is 0.190 e. The van der Waals surface area contributed by atoms with Crippen molar-refractivity contribution in [2.45, 2.75) is 51.1 Å². The number of aromatic nitrogens is 3. The van der Waals surface area contributed by atoms with Crippen LogP contribution in [0.15, 0.2) is 35.5 Å². The van der Waals surface area contributed by atoms with Crippen LogP contribution >= 0.6 is 0 Å². The Morgan fingerprint density at radius 1 is 1.15 bits per heavy atom. The van der Waals surface area contributed by atoms with Gasteiger partial charge in [0.1, 0.15) is 5.65 Å². The summed E-state index contributed by atoms with van der Waals surface area (Å²) in [5, 5.41) is 1.77. The normalized spacial score (nSPS) is 25.4. The van der Waals surface area contributed by atoms with Gasteiger partial charge in [-0.2, -0.15) is 0 Å². The van der Waals surface area contributed by atoms with E-state index in [9.17, 15) is 4.79 Å². The molecule has 2 aliphatic rings. The van der Waals surface area contributed by atoms with Gasteiger partial charge in [0.15, 0.2) is 5.43 Å². The van der Waals surface area contributed by atoms with E-state index in [0.717, 1.165) is 34.5 Å². The van der Waals surface area contributed by atoms with Gasteiger partial charge < -0.3 is 9.55 Å². The summed E-state index contributed by atoms with van der Waals surface area (Å²) < 4.78 is 2.36. The molecule has 5 nitrogen and oxygen atoms in total. The van der Waals surface area contributed by atoms with Crippen molar-refractivity contribution in [1.82, 2.24) is 19.4 Å². The summed E-state index contributed by atoms with van der Waals surface area (Å²) in [4.78, 5) is 22.8. The SMILES string of the molecule is C[C@@H]1CCN(C2CCCC2)C[C@@H]1n1ccc(=O)c2cnc3[nH]ccc3c21. The van der Waals surface area contributed by atoms with Gasteiger partial charge in [-0.3, -0.25) is 9.69 Å². The number of hydrogen-bond donors (Lipinski definition) is 1. The Bertz CT molecular complexity index is 998. The van der Waals surface area contributed by atoms with E-state index in [0.29, 0.717) is 12.0 Å². The molecule has 2 atom stereocenters. The van der Waals surface area contributed by atoms with Crippen LogP contribution in [0.2, 0.25) is 0 Å². The van der Waals surface area contributed by atoms with Crippen LogP contribution in [0, 0.1) is 5.92 Å². The third-order valence-corrected chi connectivity index (χ3v) is 6.62. The van der Waals surface area contributed by atoms with Crippen LogP contribution in [0.25, 0.3) is 21.9 Å². The third-order valence-electron chi connectivity index (χ3n) is 6.62. The number of nitrogens with one attached hydrogen (secondary N) is 1. The Hall–Kier alpha value is -2.14. The highest BCUT2D eigenvalue weighted by molar-refractivity contribution is 6.02. The van der Waals surface area contributed by atoms with Crippen LogP contribution in [0.1, 0.15) is 45.1 Å². The molecule has 4 heterocycles. The quantitative estimate of drug-likeness (QED) is 0.767. The summed E-state index contributed by atoms with van der Waals surface area (Å²) in [5.41, 5.74) is 1.95. The highest BCUT2D eigenvalue weighted by atomic mass is 16.1. The van der Waals surface area contributed by atoms with Gasteiger partial charge >= 0.3 is 0 Å². The van der Waals surface area contributed by atoms with E-state index in [2.05, 4.69) is 26.4 Å². The molecule has 5 heteroatoms. The fraction of sp³-hybridized carbons (Fsp3) is 0.524. The van der Waals surface area contributed by atoms with E-state index in [1.54, 1.807) is 12.3 Å². The number of aromatic amines is 1. The molecule has 0 spiro atoms. The third kappa shape index (κ3) is 2.49.